The van der Waals surface area contributed by atoms with E-state index < -0.39 is 12.5 Å². The van der Waals surface area contributed by atoms with E-state index in [1.807, 2.05) is 47.2 Å². The van der Waals surface area contributed by atoms with Gasteiger partial charge >= 0.3 is 6.61 Å². The normalized spacial score (nSPS) is 10.8. The minimum absolute atomic E-state index is 0.124. The number of rotatable bonds is 9. The molecule has 0 saturated heterocycles. The smallest absolute Gasteiger partial charge is 0.387 e. The Bertz CT molecular complexity index is 1240. The number of hydrogen-bond donors (Lipinski definition) is 1. The van der Waals surface area contributed by atoms with Crippen LogP contribution >= 0.6 is 0 Å². The SMILES string of the molecule is COc1ccc(C(=O)NCc2ccccc2-c2ccc(Cn3ccnc3)cc2)cc1OC(F)F. The molecular weight excluding hydrogens is 440 g/mol. The Morgan fingerprint density at radius 1 is 1.06 bits per heavy atom. The summed E-state index contributed by atoms with van der Waals surface area (Å²) in [5, 5.41) is 2.85. The topological polar surface area (TPSA) is 65.4 Å². The standard InChI is InChI=1S/C26H23F2N3O3/c1-33-23-11-10-20(14-24(23)34-26(27)28)25(32)30-15-21-4-2-3-5-22(21)19-8-6-18(7-9-19)16-31-13-12-29-17-31/h2-14,17,26H,15-16H2,1H3,(H,30,32). The highest BCUT2D eigenvalue weighted by molar-refractivity contribution is 5.95. The largest absolute Gasteiger partial charge is 0.493 e. The summed E-state index contributed by atoms with van der Waals surface area (Å²) >= 11 is 0. The second-order valence-electron chi connectivity index (χ2n) is 7.52. The van der Waals surface area contributed by atoms with Crippen LogP contribution in [0.5, 0.6) is 11.5 Å². The summed E-state index contributed by atoms with van der Waals surface area (Å²) in [6.45, 7) is -2.02. The second-order valence-corrected chi connectivity index (χ2v) is 7.52. The Hall–Kier alpha value is -4.20. The summed E-state index contributed by atoms with van der Waals surface area (Å²) in [5.74, 6) is -0.479. The molecule has 4 rings (SSSR count). The summed E-state index contributed by atoms with van der Waals surface area (Å²) in [6.07, 6.45) is 5.44. The van der Waals surface area contributed by atoms with E-state index in [1.165, 1.54) is 25.3 Å². The maximum atomic E-state index is 12.7. The molecule has 0 aliphatic heterocycles. The summed E-state index contributed by atoms with van der Waals surface area (Å²) in [4.78, 5) is 16.8. The number of methoxy groups -OCH3 is 1. The van der Waals surface area contributed by atoms with Crippen molar-refractivity contribution >= 4 is 5.91 Å². The van der Waals surface area contributed by atoms with Crippen molar-refractivity contribution in [1.29, 1.82) is 0 Å². The van der Waals surface area contributed by atoms with E-state index in [0.29, 0.717) is 0 Å². The van der Waals surface area contributed by atoms with Gasteiger partial charge in [-0.3, -0.25) is 4.79 Å². The molecule has 1 aromatic heterocycles. The highest BCUT2D eigenvalue weighted by atomic mass is 19.3. The van der Waals surface area contributed by atoms with E-state index in [2.05, 4.69) is 27.2 Å². The molecule has 4 aromatic rings. The van der Waals surface area contributed by atoms with Crippen molar-refractivity contribution < 1.29 is 23.0 Å². The van der Waals surface area contributed by atoms with Crippen molar-refractivity contribution in [3.05, 3.63) is 102 Å². The summed E-state index contributed by atoms with van der Waals surface area (Å²) in [7, 11) is 1.34. The number of carbonyl (C=O) groups is 1. The van der Waals surface area contributed by atoms with Gasteiger partial charge in [-0.15, -0.1) is 0 Å². The van der Waals surface area contributed by atoms with Crippen molar-refractivity contribution in [2.75, 3.05) is 7.11 Å². The third-order valence-electron chi connectivity index (χ3n) is 5.29. The predicted octanol–water partition coefficient (Wildman–Crippen LogP) is 5.14. The molecule has 0 radical (unpaired) electrons. The van der Waals surface area contributed by atoms with E-state index in [9.17, 15) is 13.6 Å². The first-order valence-corrected chi connectivity index (χ1v) is 10.6. The van der Waals surface area contributed by atoms with Crippen molar-refractivity contribution in [3.63, 3.8) is 0 Å². The molecule has 0 spiro atoms. The van der Waals surface area contributed by atoms with Crippen LogP contribution in [-0.4, -0.2) is 29.2 Å². The Kier molecular flexibility index (Phi) is 7.17. The van der Waals surface area contributed by atoms with E-state index in [-0.39, 0.29) is 23.6 Å². The fraction of sp³-hybridized carbons (Fsp3) is 0.154. The lowest BCUT2D eigenvalue weighted by Gasteiger charge is -2.13. The molecule has 34 heavy (non-hydrogen) atoms. The van der Waals surface area contributed by atoms with Gasteiger partial charge in [-0.1, -0.05) is 48.5 Å². The Morgan fingerprint density at radius 2 is 1.85 bits per heavy atom. The number of nitrogens with one attached hydrogen (secondary N) is 1. The first kappa shape index (κ1) is 23.0. The van der Waals surface area contributed by atoms with Crippen LogP contribution in [0.4, 0.5) is 8.78 Å². The number of aromatic nitrogens is 2. The van der Waals surface area contributed by atoms with Gasteiger partial charge in [0.05, 0.1) is 13.4 Å². The van der Waals surface area contributed by atoms with Crippen molar-refractivity contribution in [1.82, 2.24) is 14.9 Å². The van der Waals surface area contributed by atoms with Gasteiger partial charge < -0.3 is 19.4 Å². The molecule has 0 fully saturated rings. The number of carbonyl (C=O) groups excluding carboxylic acids is 1. The molecule has 0 aliphatic carbocycles. The fourth-order valence-electron chi connectivity index (χ4n) is 3.62. The minimum atomic E-state index is -3.02. The maximum Gasteiger partial charge on any atom is 0.387 e. The van der Waals surface area contributed by atoms with Crippen molar-refractivity contribution in [3.8, 4) is 22.6 Å². The van der Waals surface area contributed by atoms with Crippen LogP contribution in [0.25, 0.3) is 11.1 Å². The lowest BCUT2D eigenvalue weighted by atomic mass is 9.98. The summed E-state index contributed by atoms with van der Waals surface area (Å²) in [6, 6.07) is 20.2. The van der Waals surface area contributed by atoms with Crippen LogP contribution in [-0.2, 0) is 13.1 Å². The molecule has 1 amide bonds. The highest BCUT2D eigenvalue weighted by Gasteiger charge is 2.15. The van der Waals surface area contributed by atoms with Crippen LogP contribution in [0.1, 0.15) is 21.5 Å². The molecule has 0 unspecified atom stereocenters. The number of hydrogen-bond acceptors (Lipinski definition) is 4. The molecule has 174 valence electrons. The third kappa shape index (κ3) is 5.58. The van der Waals surface area contributed by atoms with Crippen LogP contribution in [0.2, 0.25) is 0 Å². The first-order chi connectivity index (χ1) is 16.5. The Balaban J connectivity index is 1.47. The molecule has 8 heteroatoms. The zero-order valence-corrected chi connectivity index (χ0v) is 18.4. The van der Waals surface area contributed by atoms with Gasteiger partial charge in [0.25, 0.3) is 5.91 Å². The molecule has 3 aromatic carbocycles. The number of imidazole rings is 1. The first-order valence-electron chi connectivity index (χ1n) is 10.6. The highest BCUT2D eigenvalue weighted by Crippen LogP contribution is 2.30. The van der Waals surface area contributed by atoms with Gasteiger partial charge in [0.1, 0.15) is 0 Å². The molecule has 6 nitrogen and oxygen atoms in total. The zero-order valence-electron chi connectivity index (χ0n) is 18.4. The number of benzene rings is 3. The number of amides is 1. The van der Waals surface area contributed by atoms with Gasteiger partial charge in [-0.05, 0) is 40.5 Å². The zero-order chi connectivity index (χ0) is 23.9. The monoisotopic (exact) mass is 463 g/mol. The van der Waals surface area contributed by atoms with E-state index in [0.717, 1.165) is 28.8 Å². The lowest BCUT2D eigenvalue weighted by Crippen LogP contribution is -2.23. The fourth-order valence-corrected chi connectivity index (χ4v) is 3.62. The molecule has 0 saturated carbocycles. The van der Waals surface area contributed by atoms with Crippen LogP contribution in [0.3, 0.4) is 0 Å². The molecule has 0 aliphatic rings. The van der Waals surface area contributed by atoms with Gasteiger partial charge in [-0.2, -0.15) is 8.78 Å². The van der Waals surface area contributed by atoms with Gasteiger partial charge in [0, 0.05) is 31.0 Å². The average Bonchev–Trinajstić information content (AvgIpc) is 3.36. The summed E-state index contributed by atoms with van der Waals surface area (Å²) in [5.41, 5.74) is 4.28. The maximum absolute atomic E-state index is 12.7. The quantitative estimate of drug-likeness (QED) is 0.373. The summed E-state index contributed by atoms with van der Waals surface area (Å²) < 4.78 is 36.8. The lowest BCUT2D eigenvalue weighted by molar-refractivity contribution is -0.0512. The molecule has 0 atom stereocenters. The number of ether oxygens (including phenoxy) is 2. The van der Waals surface area contributed by atoms with Gasteiger partial charge in [-0.25, -0.2) is 4.98 Å². The van der Waals surface area contributed by atoms with E-state index in [4.69, 9.17) is 4.74 Å². The predicted molar refractivity (Wildman–Crippen MR) is 124 cm³/mol. The van der Waals surface area contributed by atoms with E-state index >= 15 is 0 Å². The van der Waals surface area contributed by atoms with Gasteiger partial charge in [0.2, 0.25) is 0 Å². The van der Waals surface area contributed by atoms with Crippen LogP contribution in [0, 0.1) is 0 Å². The molecule has 0 bridgehead atoms. The number of alkyl halides is 2. The van der Waals surface area contributed by atoms with Crippen molar-refractivity contribution in [2.24, 2.45) is 0 Å². The molecule has 1 heterocycles. The van der Waals surface area contributed by atoms with Gasteiger partial charge in [0.15, 0.2) is 11.5 Å². The third-order valence-corrected chi connectivity index (χ3v) is 5.29. The minimum Gasteiger partial charge on any atom is -0.493 e. The van der Waals surface area contributed by atoms with Crippen LogP contribution in [0.15, 0.2) is 85.5 Å². The van der Waals surface area contributed by atoms with E-state index in [1.54, 1.807) is 12.5 Å². The Morgan fingerprint density at radius 3 is 2.56 bits per heavy atom. The average molecular weight is 463 g/mol. The number of nitrogens with zero attached hydrogens (tertiary/aromatic N) is 2. The van der Waals surface area contributed by atoms with Crippen molar-refractivity contribution in [2.45, 2.75) is 19.7 Å². The Labute approximate surface area is 195 Å². The molecule has 1 N–H and O–H groups in total. The molecular formula is C26H23F2N3O3. The van der Waals surface area contributed by atoms with Crippen LogP contribution < -0.4 is 14.8 Å². The number of halogens is 2. The second kappa shape index (κ2) is 10.6.